The number of likely N-dealkylation sites (tertiary alicyclic amines) is 2. The first-order valence-corrected chi connectivity index (χ1v) is 22.3. The van der Waals surface area contributed by atoms with Crippen LogP contribution in [0.25, 0.3) is 0 Å². The highest BCUT2D eigenvalue weighted by molar-refractivity contribution is 5.95. The van der Waals surface area contributed by atoms with Crippen LogP contribution < -0.4 is 10.2 Å². The van der Waals surface area contributed by atoms with Gasteiger partial charge in [0.1, 0.15) is 0 Å². The Kier molecular flexibility index (Phi) is 13.3. The maximum atomic E-state index is 13.6. The summed E-state index contributed by atoms with van der Waals surface area (Å²) in [6.07, 6.45) is 12.3. The number of ether oxygens (including phenoxy) is 1. The number of rotatable bonds is 14. The molecule has 1 spiro atoms. The van der Waals surface area contributed by atoms with Crippen LogP contribution in [0.2, 0.25) is 0 Å². The van der Waals surface area contributed by atoms with E-state index in [1.165, 1.54) is 37.8 Å². The summed E-state index contributed by atoms with van der Waals surface area (Å²) in [4.78, 5) is 58.7. The van der Waals surface area contributed by atoms with Crippen molar-refractivity contribution in [3.63, 3.8) is 0 Å². The van der Waals surface area contributed by atoms with Crippen LogP contribution in [0.3, 0.4) is 0 Å². The molecule has 16 heteroatoms. The number of piperazine rings is 1. The Hall–Kier alpha value is -5.64. The van der Waals surface area contributed by atoms with Crippen LogP contribution in [-0.2, 0) is 32.1 Å². The normalized spacial score (nSPS) is 21.5. The molecule has 2 atom stereocenters. The molecule has 5 aliphatic rings. The van der Waals surface area contributed by atoms with Crippen LogP contribution in [0.1, 0.15) is 82.5 Å². The van der Waals surface area contributed by atoms with Crippen LogP contribution in [0, 0.1) is 28.6 Å². The smallest absolute Gasteiger partial charge is 0.257 e. The number of hydrogen-bond acceptors (Lipinski definition) is 10. The van der Waals surface area contributed by atoms with E-state index in [2.05, 4.69) is 74.1 Å². The SMILES string of the molecule is CC1(C)C[C@@H]1C(=O)N1CC2(CN(C(=O)c3cnn(Cc4ccccc4)c3)C[C@H]2C(=O)NCCOCC2CCCCC2)C1.O=CN1CCN(c2ccc(Cc3nn[nH]n3)cc2)CC1.[HH].[HH]. The molecule has 62 heavy (non-hydrogen) atoms. The number of H-pyrrole nitrogens is 1. The van der Waals surface area contributed by atoms with Crippen molar-refractivity contribution >= 4 is 29.8 Å². The van der Waals surface area contributed by atoms with E-state index in [0.29, 0.717) is 69.6 Å². The van der Waals surface area contributed by atoms with Gasteiger partial charge in [0, 0.05) is 98.0 Å². The number of anilines is 1. The van der Waals surface area contributed by atoms with Gasteiger partial charge < -0.3 is 29.7 Å². The summed E-state index contributed by atoms with van der Waals surface area (Å²) in [7, 11) is 0. The lowest BCUT2D eigenvalue weighted by Crippen LogP contribution is -2.64. The summed E-state index contributed by atoms with van der Waals surface area (Å²) in [6.45, 7) is 11.7. The molecule has 3 saturated heterocycles. The van der Waals surface area contributed by atoms with Gasteiger partial charge in [0.15, 0.2) is 5.82 Å². The Balaban J connectivity index is 0.000000260. The van der Waals surface area contributed by atoms with E-state index in [1.54, 1.807) is 26.9 Å². The number of benzene rings is 2. The highest BCUT2D eigenvalue weighted by Crippen LogP contribution is 2.54. The van der Waals surface area contributed by atoms with Gasteiger partial charge in [0.2, 0.25) is 18.2 Å². The van der Waals surface area contributed by atoms with Gasteiger partial charge in [-0.2, -0.15) is 10.3 Å². The average molecular weight is 852 g/mol. The molecule has 3 aliphatic heterocycles. The largest absolute Gasteiger partial charge is 0.379 e. The maximum absolute atomic E-state index is 13.6. The van der Waals surface area contributed by atoms with Crippen molar-refractivity contribution in [1.29, 1.82) is 0 Å². The molecule has 2 aromatic carbocycles. The third-order valence-corrected chi connectivity index (χ3v) is 13.6. The van der Waals surface area contributed by atoms with Gasteiger partial charge in [-0.25, -0.2) is 0 Å². The molecule has 2 aromatic heterocycles. The Morgan fingerprint density at radius 2 is 1.65 bits per heavy atom. The van der Waals surface area contributed by atoms with Crippen LogP contribution in [-0.4, -0.2) is 141 Å². The Morgan fingerprint density at radius 1 is 0.919 bits per heavy atom. The van der Waals surface area contributed by atoms with E-state index in [-0.39, 0.29) is 37.8 Å². The van der Waals surface area contributed by atoms with E-state index in [4.69, 9.17) is 4.74 Å². The fraction of sp³-hybridized carbons (Fsp3) is 0.565. The molecule has 334 valence electrons. The Labute approximate surface area is 366 Å². The van der Waals surface area contributed by atoms with Crippen molar-refractivity contribution in [2.45, 2.75) is 65.3 Å². The molecular formula is C46H65N11O5. The number of carbonyl (C=O) groups excluding carboxylic acids is 4. The molecule has 0 radical (unpaired) electrons. The first-order valence-electron chi connectivity index (χ1n) is 22.3. The van der Waals surface area contributed by atoms with Gasteiger partial charge >= 0.3 is 0 Å². The van der Waals surface area contributed by atoms with Gasteiger partial charge in [0.05, 0.1) is 30.8 Å². The number of nitrogens with zero attached hydrogens (tertiary/aromatic N) is 9. The average Bonchev–Trinajstić information content (AvgIpc) is 3.78. The molecular weight excluding hydrogens is 787 g/mol. The molecule has 4 aromatic rings. The molecule has 16 nitrogen and oxygen atoms in total. The second kappa shape index (κ2) is 19.2. The number of hydrogen-bond donors (Lipinski definition) is 2. The third kappa shape index (κ3) is 10.3. The zero-order chi connectivity index (χ0) is 43.1. The van der Waals surface area contributed by atoms with Gasteiger partial charge in [-0.3, -0.25) is 23.9 Å². The standard InChI is InChI=1S/C33H45N5O4.C13H16N6O.2H2/c1-32(2)15-27(32)31(41)37-22-33(23-37)21-36(30(40)26-16-35-38(18-26)17-24-9-5-3-6-10-24)19-28(33)29(39)34-13-14-42-20-25-11-7-4-8-12-25;20-10-18-5-7-19(8-6-18)12-3-1-11(2-4-12)9-13-14-16-17-15-13;;/h3,5-6,9-10,16,18,25,27-28H,4,7-8,11-15,17,19-23H2,1-2H3,(H,34,39);1-4,10H,5-9H2,(H,14,15,16,17);2*1H/t27-,28+;;;/m1.../s1. The quantitative estimate of drug-likeness (QED) is 0.139. The van der Waals surface area contributed by atoms with Crippen molar-refractivity contribution in [2.75, 3.05) is 77.0 Å². The lowest BCUT2D eigenvalue weighted by Gasteiger charge is -2.50. The van der Waals surface area contributed by atoms with Gasteiger partial charge in [0.25, 0.3) is 5.91 Å². The summed E-state index contributed by atoms with van der Waals surface area (Å²) >= 11 is 0. The van der Waals surface area contributed by atoms with Crippen molar-refractivity contribution in [2.24, 2.45) is 28.6 Å². The van der Waals surface area contributed by atoms with Crippen molar-refractivity contribution in [3.05, 3.63) is 89.5 Å². The monoisotopic (exact) mass is 852 g/mol. The number of amides is 4. The number of carbonyl (C=O) groups is 4. The highest BCUT2D eigenvalue weighted by Gasteiger charge is 2.61. The minimum atomic E-state index is -0.419. The lowest BCUT2D eigenvalue weighted by molar-refractivity contribution is -0.151. The minimum Gasteiger partial charge on any atom is -0.379 e. The lowest BCUT2D eigenvalue weighted by atomic mass is 9.71. The van der Waals surface area contributed by atoms with E-state index >= 15 is 0 Å². The van der Waals surface area contributed by atoms with Crippen molar-refractivity contribution < 1.29 is 26.8 Å². The molecule has 2 aliphatic carbocycles. The van der Waals surface area contributed by atoms with E-state index < -0.39 is 5.41 Å². The zero-order valence-corrected chi connectivity index (χ0v) is 36.2. The van der Waals surface area contributed by atoms with E-state index in [0.717, 1.165) is 56.7 Å². The second-order valence-corrected chi connectivity index (χ2v) is 18.6. The van der Waals surface area contributed by atoms with E-state index in [1.807, 2.05) is 35.2 Å². The number of nitrogens with one attached hydrogen (secondary N) is 2. The zero-order valence-electron chi connectivity index (χ0n) is 36.2. The summed E-state index contributed by atoms with van der Waals surface area (Å²) in [5.74, 6) is 1.05. The molecule has 4 amide bonds. The molecule has 2 N–H and O–H groups in total. The topological polar surface area (TPSA) is 175 Å². The number of aromatic nitrogens is 6. The van der Waals surface area contributed by atoms with Gasteiger partial charge in [-0.1, -0.05) is 80.8 Å². The second-order valence-electron chi connectivity index (χ2n) is 18.6. The Morgan fingerprint density at radius 3 is 2.32 bits per heavy atom. The predicted octanol–water partition coefficient (Wildman–Crippen LogP) is 4.15. The minimum absolute atomic E-state index is 0. The molecule has 9 rings (SSSR count). The number of aromatic amines is 1. The molecule has 5 fully saturated rings. The summed E-state index contributed by atoms with van der Waals surface area (Å²) < 4.78 is 7.67. The first kappa shape index (κ1) is 43.0. The van der Waals surface area contributed by atoms with E-state index in [9.17, 15) is 19.2 Å². The molecule has 0 unspecified atom stereocenters. The fourth-order valence-corrected chi connectivity index (χ4v) is 9.62. The predicted molar refractivity (Wildman–Crippen MR) is 236 cm³/mol. The fourth-order valence-electron chi connectivity index (χ4n) is 9.62. The van der Waals surface area contributed by atoms with Crippen LogP contribution in [0.4, 0.5) is 5.69 Å². The van der Waals surface area contributed by atoms with Crippen LogP contribution >= 0.6 is 0 Å². The first-order chi connectivity index (χ1) is 30.1. The summed E-state index contributed by atoms with van der Waals surface area (Å²) in [5, 5.41) is 21.4. The summed E-state index contributed by atoms with van der Waals surface area (Å²) in [6, 6.07) is 18.4. The maximum Gasteiger partial charge on any atom is 0.257 e. The third-order valence-electron chi connectivity index (χ3n) is 13.6. The highest BCUT2D eigenvalue weighted by atomic mass is 16.5. The van der Waals surface area contributed by atoms with Crippen LogP contribution in [0.15, 0.2) is 67.0 Å². The van der Waals surface area contributed by atoms with Gasteiger partial charge in [-0.15, -0.1) is 10.2 Å². The molecule has 5 heterocycles. The van der Waals surface area contributed by atoms with Crippen molar-refractivity contribution in [1.82, 2.24) is 50.4 Å². The molecule has 2 saturated carbocycles. The van der Waals surface area contributed by atoms with Gasteiger partial charge in [-0.05, 0) is 53.9 Å². The summed E-state index contributed by atoms with van der Waals surface area (Å²) in [5.41, 5.74) is 3.61. The molecule has 0 bridgehead atoms. The van der Waals surface area contributed by atoms with Crippen molar-refractivity contribution in [3.8, 4) is 0 Å². The number of tetrazole rings is 1. The van der Waals surface area contributed by atoms with Crippen LogP contribution in [0.5, 0.6) is 0 Å². The Bertz CT molecular complexity index is 2120.